The molecule has 7 nitrogen and oxygen atoms in total. The Morgan fingerprint density at radius 1 is 1.48 bits per heavy atom. The lowest BCUT2D eigenvalue weighted by atomic mass is 10.1. The second-order valence-corrected chi connectivity index (χ2v) is 5.18. The van der Waals surface area contributed by atoms with E-state index in [4.69, 9.17) is 11.6 Å². The second kappa shape index (κ2) is 8.74. The van der Waals surface area contributed by atoms with E-state index in [2.05, 4.69) is 34.0 Å². The van der Waals surface area contributed by atoms with Gasteiger partial charge in [0.05, 0.1) is 4.92 Å². The first kappa shape index (κ1) is 17.6. The largest absolute Gasteiger partial charge is 0.362 e. The number of rotatable bonds is 9. The van der Waals surface area contributed by atoms with Crippen LogP contribution in [0, 0.1) is 10.1 Å². The first-order chi connectivity index (χ1) is 9.97. The van der Waals surface area contributed by atoms with Crippen molar-refractivity contribution >= 4 is 23.1 Å². The Balaban J connectivity index is 2.56. The van der Waals surface area contributed by atoms with Gasteiger partial charge in [0.1, 0.15) is 6.20 Å². The van der Waals surface area contributed by atoms with Crippen molar-refractivity contribution < 1.29 is 4.92 Å². The van der Waals surface area contributed by atoms with E-state index in [0.29, 0.717) is 0 Å². The lowest BCUT2D eigenvalue weighted by Crippen LogP contribution is -2.26. The molecule has 8 heteroatoms. The van der Waals surface area contributed by atoms with Gasteiger partial charge in [-0.25, -0.2) is 4.98 Å². The molecule has 1 unspecified atom stereocenters. The summed E-state index contributed by atoms with van der Waals surface area (Å²) in [6.45, 7) is 9.33. The highest BCUT2D eigenvalue weighted by Gasteiger charge is 2.18. The quantitative estimate of drug-likeness (QED) is 0.428. The van der Waals surface area contributed by atoms with Crippen LogP contribution in [0.2, 0.25) is 5.28 Å². The minimum absolute atomic E-state index is 0.00144. The van der Waals surface area contributed by atoms with Crippen LogP contribution >= 0.6 is 11.6 Å². The van der Waals surface area contributed by atoms with E-state index in [-0.39, 0.29) is 22.8 Å². The van der Waals surface area contributed by atoms with Crippen LogP contribution in [0.25, 0.3) is 0 Å². The highest BCUT2D eigenvalue weighted by Crippen LogP contribution is 2.23. The highest BCUT2D eigenvalue weighted by atomic mass is 35.5. The molecule has 1 N–H and O–H groups in total. The van der Waals surface area contributed by atoms with Gasteiger partial charge in [0.15, 0.2) is 0 Å². The predicted octanol–water partition coefficient (Wildman–Crippen LogP) is 2.96. The van der Waals surface area contributed by atoms with Gasteiger partial charge < -0.3 is 10.2 Å². The molecule has 0 amide bonds. The molecule has 0 aliphatic rings. The number of halogens is 1. The molecule has 0 bridgehead atoms. The molecule has 1 aromatic heterocycles. The zero-order valence-electron chi connectivity index (χ0n) is 12.7. The fourth-order valence-corrected chi connectivity index (χ4v) is 2.19. The van der Waals surface area contributed by atoms with Crippen LogP contribution in [0.3, 0.4) is 0 Å². The molecule has 0 spiro atoms. The molecule has 0 aromatic carbocycles. The number of hydrogen-bond donors (Lipinski definition) is 1. The van der Waals surface area contributed by atoms with Gasteiger partial charge in [-0.3, -0.25) is 10.1 Å². The van der Waals surface area contributed by atoms with Crippen molar-refractivity contribution in [3.63, 3.8) is 0 Å². The average molecular weight is 316 g/mol. The smallest absolute Gasteiger partial charge is 0.329 e. The van der Waals surface area contributed by atoms with Gasteiger partial charge in [-0.1, -0.05) is 13.8 Å². The summed E-state index contributed by atoms with van der Waals surface area (Å²) in [5.41, 5.74) is -0.157. The number of hydrogen-bond acceptors (Lipinski definition) is 6. The molecule has 0 fully saturated rings. The molecule has 1 atom stereocenters. The Bertz CT molecular complexity index is 468. The number of anilines is 1. The third-order valence-electron chi connectivity index (χ3n) is 3.33. The lowest BCUT2D eigenvalue weighted by molar-refractivity contribution is -0.384. The van der Waals surface area contributed by atoms with Crippen LogP contribution < -0.4 is 5.32 Å². The number of nitrogens with one attached hydrogen (secondary N) is 1. The Hall–Kier alpha value is -1.47. The summed E-state index contributed by atoms with van der Waals surface area (Å²) in [5, 5.41) is 14.0. The van der Waals surface area contributed by atoms with Crippen molar-refractivity contribution in [2.75, 3.05) is 25.0 Å². The molecule has 0 radical (unpaired) electrons. The second-order valence-electron chi connectivity index (χ2n) is 4.84. The summed E-state index contributed by atoms with van der Waals surface area (Å²) in [7, 11) is 0. The molecule has 1 rings (SSSR count). The van der Waals surface area contributed by atoms with Crippen LogP contribution in [0.15, 0.2) is 6.20 Å². The maximum absolute atomic E-state index is 10.9. The number of nitro groups is 1. The van der Waals surface area contributed by atoms with Crippen LogP contribution in [-0.4, -0.2) is 45.5 Å². The third kappa shape index (κ3) is 5.81. The minimum atomic E-state index is -0.513. The molecule has 0 saturated carbocycles. The molecule has 21 heavy (non-hydrogen) atoms. The third-order valence-corrected chi connectivity index (χ3v) is 3.51. The van der Waals surface area contributed by atoms with E-state index in [1.807, 2.05) is 6.92 Å². The van der Waals surface area contributed by atoms with Crippen LogP contribution in [0.4, 0.5) is 11.5 Å². The van der Waals surface area contributed by atoms with Gasteiger partial charge >= 0.3 is 5.69 Å². The zero-order chi connectivity index (χ0) is 15.8. The number of aromatic nitrogens is 2. The van der Waals surface area contributed by atoms with E-state index >= 15 is 0 Å². The molecule has 0 aliphatic heterocycles. The fourth-order valence-electron chi connectivity index (χ4n) is 2.06. The van der Waals surface area contributed by atoms with Crippen molar-refractivity contribution in [3.8, 4) is 0 Å². The van der Waals surface area contributed by atoms with Crippen LogP contribution in [0.5, 0.6) is 0 Å². The van der Waals surface area contributed by atoms with Crippen LogP contribution in [-0.2, 0) is 0 Å². The summed E-state index contributed by atoms with van der Waals surface area (Å²) < 4.78 is 0. The normalized spacial score (nSPS) is 12.4. The Kier molecular flexibility index (Phi) is 7.31. The van der Waals surface area contributed by atoms with E-state index in [0.717, 1.165) is 38.7 Å². The van der Waals surface area contributed by atoms with Gasteiger partial charge in [-0.2, -0.15) is 4.98 Å². The molecular formula is C13H22ClN5O2. The van der Waals surface area contributed by atoms with Crippen molar-refractivity contribution in [2.24, 2.45) is 0 Å². The fraction of sp³-hybridized carbons (Fsp3) is 0.692. The first-order valence-electron chi connectivity index (χ1n) is 7.13. The van der Waals surface area contributed by atoms with E-state index in [1.54, 1.807) is 0 Å². The molecule has 118 valence electrons. The van der Waals surface area contributed by atoms with Gasteiger partial charge in [0, 0.05) is 6.04 Å². The summed E-state index contributed by atoms with van der Waals surface area (Å²) in [6, 6.07) is 0.0743. The molecule has 0 aliphatic carbocycles. The Morgan fingerprint density at radius 3 is 2.71 bits per heavy atom. The highest BCUT2D eigenvalue weighted by molar-refractivity contribution is 6.28. The SMILES string of the molecule is CCN(CC)CCCC(C)Nc1nc(Cl)ncc1[N+](=O)[O-]. The predicted molar refractivity (Wildman–Crippen MR) is 83.8 cm³/mol. The summed E-state index contributed by atoms with van der Waals surface area (Å²) in [6.07, 6.45) is 3.04. The van der Waals surface area contributed by atoms with E-state index in [9.17, 15) is 10.1 Å². The van der Waals surface area contributed by atoms with E-state index < -0.39 is 4.92 Å². The standard InChI is InChI=1S/C13H22ClN5O2/c1-4-18(5-2)8-6-7-10(3)16-12-11(19(20)21)9-15-13(14)17-12/h9-10H,4-8H2,1-3H3,(H,15,16,17). The van der Waals surface area contributed by atoms with Gasteiger partial charge in [0.25, 0.3) is 0 Å². The minimum Gasteiger partial charge on any atom is -0.362 e. The monoisotopic (exact) mass is 315 g/mol. The molecule has 1 aromatic rings. The Labute approximate surface area is 129 Å². The molecule has 0 saturated heterocycles. The van der Waals surface area contributed by atoms with Gasteiger partial charge in [-0.05, 0) is 51.0 Å². The first-order valence-corrected chi connectivity index (χ1v) is 7.51. The van der Waals surface area contributed by atoms with Crippen molar-refractivity contribution in [1.82, 2.24) is 14.9 Å². The number of nitrogens with zero attached hydrogens (tertiary/aromatic N) is 4. The maximum Gasteiger partial charge on any atom is 0.329 e. The van der Waals surface area contributed by atoms with Gasteiger partial charge in [0.2, 0.25) is 11.1 Å². The molecular weight excluding hydrogens is 294 g/mol. The van der Waals surface area contributed by atoms with Gasteiger partial charge in [-0.15, -0.1) is 0 Å². The summed E-state index contributed by atoms with van der Waals surface area (Å²) >= 11 is 5.70. The molecule has 1 heterocycles. The lowest BCUT2D eigenvalue weighted by Gasteiger charge is -2.19. The topological polar surface area (TPSA) is 84.2 Å². The van der Waals surface area contributed by atoms with Crippen molar-refractivity contribution in [3.05, 3.63) is 21.6 Å². The van der Waals surface area contributed by atoms with Crippen LogP contribution in [0.1, 0.15) is 33.6 Å². The van der Waals surface area contributed by atoms with Crippen molar-refractivity contribution in [2.45, 2.75) is 39.7 Å². The Morgan fingerprint density at radius 2 is 2.14 bits per heavy atom. The maximum atomic E-state index is 10.9. The zero-order valence-corrected chi connectivity index (χ0v) is 13.4. The summed E-state index contributed by atoms with van der Waals surface area (Å²) in [4.78, 5) is 20.3. The van der Waals surface area contributed by atoms with Crippen molar-refractivity contribution in [1.29, 1.82) is 0 Å². The summed E-state index contributed by atoms with van der Waals surface area (Å²) in [5.74, 6) is 0.176. The average Bonchev–Trinajstić information content (AvgIpc) is 2.43. The van der Waals surface area contributed by atoms with E-state index in [1.165, 1.54) is 0 Å².